The molecule has 0 amide bonds. The Morgan fingerprint density at radius 3 is 2.58 bits per heavy atom. The van der Waals surface area contributed by atoms with E-state index in [0.717, 1.165) is 31.4 Å². The maximum absolute atomic E-state index is 13.7. The molecule has 0 radical (unpaired) electrons. The number of benzene rings is 1. The Morgan fingerprint density at radius 2 is 2.00 bits per heavy atom. The van der Waals surface area contributed by atoms with Gasteiger partial charge in [-0.05, 0) is 43.5 Å². The molecule has 106 valence electrons. The average Bonchev–Trinajstić information content (AvgIpc) is 2.77. The van der Waals surface area contributed by atoms with E-state index in [0.29, 0.717) is 12.6 Å². The fraction of sp³-hybridized carbons (Fsp3) is 0.538. The molecule has 6 heteroatoms. The molecule has 3 N–H and O–H groups in total. The Bertz CT molecular complexity index is 445. The summed E-state index contributed by atoms with van der Waals surface area (Å²) < 4.78 is 50.9. The van der Waals surface area contributed by atoms with Crippen LogP contribution in [0.3, 0.4) is 0 Å². The Balaban J connectivity index is 2.13. The lowest BCUT2D eigenvalue weighted by atomic mass is 10.0. The quantitative estimate of drug-likeness (QED) is 0.830. The number of nitrogens with one attached hydrogen (secondary N) is 1. The van der Waals surface area contributed by atoms with Crippen LogP contribution in [0.2, 0.25) is 0 Å². The molecule has 1 fully saturated rings. The molecule has 1 aliphatic rings. The summed E-state index contributed by atoms with van der Waals surface area (Å²) in [6.07, 6.45) is -1.69. The molecule has 2 unspecified atom stereocenters. The van der Waals surface area contributed by atoms with Crippen molar-refractivity contribution < 1.29 is 17.6 Å². The highest BCUT2D eigenvalue weighted by molar-refractivity contribution is 5.48. The van der Waals surface area contributed by atoms with Crippen LogP contribution in [0.1, 0.15) is 24.8 Å². The molecule has 0 saturated heterocycles. The monoisotopic (exact) mass is 276 g/mol. The first-order chi connectivity index (χ1) is 8.91. The molecule has 1 aliphatic carbocycles. The van der Waals surface area contributed by atoms with Crippen LogP contribution in [0.5, 0.6) is 0 Å². The fourth-order valence-corrected chi connectivity index (χ4v) is 2.52. The number of rotatable bonds is 3. The van der Waals surface area contributed by atoms with Crippen molar-refractivity contribution in [3.05, 3.63) is 29.6 Å². The SMILES string of the molecule is NCC1CCCC1Nc1ccc(C(F)(F)F)cc1F. The number of alkyl halides is 3. The molecule has 0 heterocycles. The zero-order valence-electron chi connectivity index (χ0n) is 10.3. The van der Waals surface area contributed by atoms with Crippen LogP contribution in [0.4, 0.5) is 23.2 Å². The van der Waals surface area contributed by atoms with Crippen LogP contribution in [0.25, 0.3) is 0 Å². The van der Waals surface area contributed by atoms with Crippen molar-refractivity contribution in [2.45, 2.75) is 31.5 Å². The first-order valence-electron chi connectivity index (χ1n) is 6.25. The van der Waals surface area contributed by atoms with Crippen LogP contribution in [0.15, 0.2) is 18.2 Å². The zero-order valence-corrected chi connectivity index (χ0v) is 10.3. The lowest BCUT2D eigenvalue weighted by Gasteiger charge is -2.21. The van der Waals surface area contributed by atoms with Gasteiger partial charge in [0.05, 0.1) is 11.3 Å². The summed E-state index contributed by atoms with van der Waals surface area (Å²) in [5.74, 6) is -0.626. The Kier molecular flexibility index (Phi) is 3.99. The molecule has 2 atom stereocenters. The molecule has 2 nitrogen and oxygen atoms in total. The summed E-state index contributed by atoms with van der Waals surface area (Å²) in [6, 6.07) is 2.59. The van der Waals surface area contributed by atoms with Crippen molar-refractivity contribution in [2.75, 3.05) is 11.9 Å². The second-order valence-corrected chi connectivity index (χ2v) is 4.87. The van der Waals surface area contributed by atoms with Crippen LogP contribution < -0.4 is 11.1 Å². The third-order valence-electron chi connectivity index (χ3n) is 3.60. The van der Waals surface area contributed by atoms with Crippen LogP contribution in [-0.4, -0.2) is 12.6 Å². The normalized spacial score (nSPS) is 23.6. The third-order valence-corrected chi connectivity index (χ3v) is 3.60. The predicted molar refractivity (Wildman–Crippen MR) is 65.2 cm³/mol. The topological polar surface area (TPSA) is 38.0 Å². The molecule has 0 aliphatic heterocycles. The van der Waals surface area contributed by atoms with Crippen LogP contribution in [-0.2, 0) is 6.18 Å². The van der Waals surface area contributed by atoms with Crippen molar-refractivity contribution in [1.82, 2.24) is 0 Å². The van der Waals surface area contributed by atoms with Crippen molar-refractivity contribution in [3.8, 4) is 0 Å². The lowest BCUT2D eigenvalue weighted by molar-refractivity contribution is -0.137. The Hall–Kier alpha value is -1.30. The molecular weight excluding hydrogens is 260 g/mol. The fourth-order valence-electron chi connectivity index (χ4n) is 2.52. The average molecular weight is 276 g/mol. The van der Waals surface area contributed by atoms with E-state index in [9.17, 15) is 17.6 Å². The minimum absolute atomic E-state index is 0.0382. The van der Waals surface area contributed by atoms with Crippen molar-refractivity contribution in [1.29, 1.82) is 0 Å². The summed E-state index contributed by atoms with van der Waals surface area (Å²) >= 11 is 0. The van der Waals surface area contributed by atoms with Gasteiger partial charge >= 0.3 is 6.18 Å². The largest absolute Gasteiger partial charge is 0.416 e. The van der Waals surface area contributed by atoms with Gasteiger partial charge in [0.15, 0.2) is 0 Å². The van der Waals surface area contributed by atoms with Crippen molar-refractivity contribution in [2.24, 2.45) is 11.7 Å². The van der Waals surface area contributed by atoms with Gasteiger partial charge in [-0.3, -0.25) is 0 Å². The lowest BCUT2D eigenvalue weighted by Crippen LogP contribution is -2.29. The highest BCUT2D eigenvalue weighted by atomic mass is 19.4. The molecule has 2 rings (SSSR count). The maximum atomic E-state index is 13.7. The standard InChI is InChI=1S/C13H16F4N2/c14-10-6-9(13(15,16)17)4-5-12(10)19-11-3-1-2-8(11)7-18/h4-6,8,11,19H,1-3,7,18H2. The van der Waals surface area contributed by atoms with E-state index in [1.54, 1.807) is 0 Å². The van der Waals surface area contributed by atoms with Gasteiger partial charge in [0.1, 0.15) is 5.82 Å². The number of nitrogens with two attached hydrogens (primary N) is 1. The van der Waals surface area contributed by atoms with E-state index in [2.05, 4.69) is 5.32 Å². The number of hydrogen-bond donors (Lipinski definition) is 2. The number of halogens is 4. The van der Waals surface area contributed by atoms with E-state index in [-0.39, 0.29) is 17.6 Å². The van der Waals surface area contributed by atoms with Crippen LogP contribution >= 0.6 is 0 Å². The molecule has 1 aromatic carbocycles. The molecule has 1 aromatic rings. The minimum atomic E-state index is -4.52. The second-order valence-electron chi connectivity index (χ2n) is 4.87. The molecule has 0 spiro atoms. The summed E-state index contributed by atoms with van der Waals surface area (Å²) in [5, 5.41) is 2.97. The second kappa shape index (κ2) is 5.36. The zero-order chi connectivity index (χ0) is 14.0. The maximum Gasteiger partial charge on any atom is 0.416 e. The van der Waals surface area contributed by atoms with Gasteiger partial charge in [0.25, 0.3) is 0 Å². The van der Waals surface area contributed by atoms with Gasteiger partial charge in [0.2, 0.25) is 0 Å². The Labute approximate surface area is 109 Å². The van der Waals surface area contributed by atoms with Gasteiger partial charge in [-0.15, -0.1) is 0 Å². The van der Waals surface area contributed by atoms with Gasteiger partial charge < -0.3 is 11.1 Å². The van der Waals surface area contributed by atoms with E-state index in [4.69, 9.17) is 5.73 Å². The van der Waals surface area contributed by atoms with Gasteiger partial charge in [-0.1, -0.05) is 6.42 Å². The molecule has 0 aromatic heterocycles. The summed E-state index contributed by atoms with van der Waals surface area (Å²) in [4.78, 5) is 0. The van der Waals surface area contributed by atoms with Gasteiger partial charge in [-0.2, -0.15) is 13.2 Å². The number of anilines is 1. The van der Waals surface area contributed by atoms with E-state index in [1.807, 2.05) is 0 Å². The van der Waals surface area contributed by atoms with Crippen molar-refractivity contribution in [3.63, 3.8) is 0 Å². The molecular formula is C13H16F4N2. The third kappa shape index (κ3) is 3.18. The predicted octanol–water partition coefficient (Wildman–Crippen LogP) is 3.38. The van der Waals surface area contributed by atoms with Gasteiger partial charge in [-0.25, -0.2) is 4.39 Å². The smallest absolute Gasteiger partial charge is 0.380 e. The number of hydrogen-bond acceptors (Lipinski definition) is 2. The van der Waals surface area contributed by atoms with Crippen LogP contribution in [0, 0.1) is 11.7 Å². The summed E-state index contributed by atoms with van der Waals surface area (Å²) in [7, 11) is 0. The first kappa shape index (κ1) is 14.1. The summed E-state index contributed by atoms with van der Waals surface area (Å²) in [6.45, 7) is 0.500. The molecule has 1 saturated carbocycles. The van der Waals surface area contributed by atoms with Gasteiger partial charge in [0, 0.05) is 6.04 Å². The van der Waals surface area contributed by atoms with Crippen molar-refractivity contribution >= 4 is 5.69 Å². The van der Waals surface area contributed by atoms with E-state index >= 15 is 0 Å². The minimum Gasteiger partial charge on any atom is -0.380 e. The first-order valence-corrected chi connectivity index (χ1v) is 6.25. The Morgan fingerprint density at radius 1 is 1.26 bits per heavy atom. The summed E-state index contributed by atoms with van der Waals surface area (Å²) in [5.41, 5.74) is 4.75. The van der Waals surface area contributed by atoms with E-state index < -0.39 is 17.6 Å². The molecule has 19 heavy (non-hydrogen) atoms. The highest BCUT2D eigenvalue weighted by Gasteiger charge is 2.32. The highest BCUT2D eigenvalue weighted by Crippen LogP contribution is 2.33. The molecule has 0 bridgehead atoms. The van der Waals surface area contributed by atoms with E-state index in [1.165, 1.54) is 0 Å².